The molecule has 1 heterocycles. The van der Waals surface area contributed by atoms with E-state index in [1.54, 1.807) is 18.2 Å². The number of carbonyl (C=O) groups excluding carboxylic acids is 1. The Morgan fingerprint density at radius 2 is 1.73 bits per heavy atom. The normalized spacial score (nSPS) is 11.1. The molecule has 1 N–H and O–H groups in total. The van der Waals surface area contributed by atoms with Crippen molar-refractivity contribution in [3.8, 4) is 5.69 Å². The standard InChI is InChI=1S/C26H23FN4OS/c1-19-7-14-23(15-8-19)31-24(17-28-25(32)16-11-20-5-3-2-4-6-20)29-30-26(31)33-18-21-9-12-22(27)13-10-21/h2-16H,17-18H2,1H3,(H,28,32). The predicted octanol–water partition coefficient (Wildman–Crippen LogP) is 5.34. The minimum Gasteiger partial charge on any atom is -0.345 e. The zero-order valence-electron chi connectivity index (χ0n) is 18.1. The highest BCUT2D eigenvalue weighted by molar-refractivity contribution is 7.98. The van der Waals surface area contributed by atoms with Gasteiger partial charge < -0.3 is 5.32 Å². The van der Waals surface area contributed by atoms with Gasteiger partial charge in [-0.25, -0.2) is 4.39 Å². The number of nitrogens with one attached hydrogen (secondary N) is 1. The molecule has 0 spiro atoms. The van der Waals surface area contributed by atoms with E-state index in [0.717, 1.165) is 22.4 Å². The highest BCUT2D eigenvalue weighted by atomic mass is 32.2. The molecule has 0 radical (unpaired) electrons. The molecule has 166 valence electrons. The number of hydrogen-bond acceptors (Lipinski definition) is 4. The van der Waals surface area contributed by atoms with E-state index >= 15 is 0 Å². The van der Waals surface area contributed by atoms with Gasteiger partial charge in [0.2, 0.25) is 5.91 Å². The Bertz CT molecular complexity index is 1240. The zero-order chi connectivity index (χ0) is 23.0. The van der Waals surface area contributed by atoms with Gasteiger partial charge in [-0.15, -0.1) is 10.2 Å². The third-order valence-corrected chi connectivity index (χ3v) is 5.92. The van der Waals surface area contributed by atoms with Gasteiger partial charge in [-0.1, -0.05) is 71.9 Å². The van der Waals surface area contributed by atoms with Gasteiger partial charge in [0.15, 0.2) is 11.0 Å². The molecule has 7 heteroatoms. The summed E-state index contributed by atoms with van der Waals surface area (Å²) in [5.74, 6) is 0.779. The van der Waals surface area contributed by atoms with Crippen LogP contribution in [0.15, 0.2) is 90.1 Å². The lowest BCUT2D eigenvalue weighted by Gasteiger charge is -2.11. The molecular weight excluding hydrogens is 435 g/mol. The molecule has 0 aliphatic carbocycles. The Labute approximate surface area is 196 Å². The molecular formula is C26H23FN4OS. The van der Waals surface area contributed by atoms with E-state index in [0.29, 0.717) is 16.7 Å². The van der Waals surface area contributed by atoms with Crippen molar-refractivity contribution in [2.75, 3.05) is 0 Å². The van der Waals surface area contributed by atoms with Crippen molar-refractivity contribution in [1.29, 1.82) is 0 Å². The van der Waals surface area contributed by atoms with Gasteiger partial charge >= 0.3 is 0 Å². The van der Waals surface area contributed by atoms with Crippen LogP contribution in [0.3, 0.4) is 0 Å². The van der Waals surface area contributed by atoms with Crippen LogP contribution < -0.4 is 5.32 Å². The number of aryl methyl sites for hydroxylation is 1. The van der Waals surface area contributed by atoms with Crippen LogP contribution >= 0.6 is 11.8 Å². The number of hydrogen-bond donors (Lipinski definition) is 1. The number of amides is 1. The number of halogens is 1. The quantitative estimate of drug-likeness (QED) is 0.286. The first-order chi connectivity index (χ1) is 16.1. The Balaban J connectivity index is 1.50. The second-order valence-electron chi connectivity index (χ2n) is 7.45. The topological polar surface area (TPSA) is 59.8 Å². The fraction of sp³-hybridized carbons (Fsp3) is 0.115. The number of rotatable bonds is 8. The molecule has 3 aromatic carbocycles. The number of nitrogens with zero attached hydrogens (tertiary/aromatic N) is 3. The molecule has 0 unspecified atom stereocenters. The average molecular weight is 459 g/mol. The predicted molar refractivity (Wildman–Crippen MR) is 129 cm³/mol. The summed E-state index contributed by atoms with van der Waals surface area (Å²) < 4.78 is 15.1. The van der Waals surface area contributed by atoms with Crippen LogP contribution in [0.1, 0.15) is 22.5 Å². The molecule has 5 nitrogen and oxygen atoms in total. The molecule has 0 aliphatic rings. The third kappa shape index (κ3) is 6.17. The largest absolute Gasteiger partial charge is 0.345 e. The minimum atomic E-state index is -0.258. The maximum atomic E-state index is 13.2. The maximum absolute atomic E-state index is 13.2. The summed E-state index contributed by atoms with van der Waals surface area (Å²) in [6.07, 6.45) is 3.27. The molecule has 4 aromatic rings. The second-order valence-corrected chi connectivity index (χ2v) is 8.39. The molecule has 0 saturated carbocycles. The van der Waals surface area contributed by atoms with Crippen molar-refractivity contribution in [1.82, 2.24) is 20.1 Å². The van der Waals surface area contributed by atoms with Crippen molar-refractivity contribution in [3.63, 3.8) is 0 Å². The van der Waals surface area contributed by atoms with Crippen molar-refractivity contribution in [3.05, 3.63) is 113 Å². The van der Waals surface area contributed by atoms with Crippen molar-refractivity contribution in [2.45, 2.75) is 24.4 Å². The SMILES string of the molecule is Cc1ccc(-n2c(CNC(=O)C=Cc3ccccc3)nnc2SCc2ccc(F)cc2)cc1. The van der Waals surface area contributed by atoms with E-state index in [-0.39, 0.29) is 18.3 Å². The van der Waals surface area contributed by atoms with E-state index in [4.69, 9.17) is 0 Å². The highest BCUT2D eigenvalue weighted by Gasteiger charge is 2.15. The number of carbonyl (C=O) groups is 1. The summed E-state index contributed by atoms with van der Waals surface area (Å²) in [5, 5.41) is 12.3. The van der Waals surface area contributed by atoms with E-state index in [9.17, 15) is 9.18 Å². The summed E-state index contributed by atoms with van der Waals surface area (Å²) in [7, 11) is 0. The van der Waals surface area contributed by atoms with Gasteiger partial charge in [-0.2, -0.15) is 0 Å². The van der Waals surface area contributed by atoms with E-state index in [1.165, 1.54) is 30.0 Å². The Morgan fingerprint density at radius 1 is 1.00 bits per heavy atom. The minimum absolute atomic E-state index is 0.210. The highest BCUT2D eigenvalue weighted by Crippen LogP contribution is 2.25. The van der Waals surface area contributed by atoms with Crippen molar-refractivity contribution < 1.29 is 9.18 Å². The first kappa shape index (κ1) is 22.5. The maximum Gasteiger partial charge on any atom is 0.244 e. The molecule has 0 aliphatic heterocycles. The van der Waals surface area contributed by atoms with Crippen LogP contribution in [0, 0.1) is 12.7 Å². The lowest BCUT2D eigenvalue weighted by atomic mass is 10.2. The summed E-state index contributed by atoms with van der Waals surface area (Å²) >= 11 is 1.51. The molecule has 1 aromatic heterocycles. The Morgan fingerprint density at radius 3 is 2.45 bits per heavy atom. The van der Waals surface area contributed by atoms with Gasteiger partial charge in [0.1, 0.15) is 5.82 Å². The van der Waals surface area contributed by atoms with E-state index in [1.807, 2.05) is 66.1 Å². The fourth-order valence-corrected chi connectivity index (χ4v) is 4.08. The Hall–Kier alpha value is -3.71. The molecule has 4 rings (SSSR count). The molecule has 0 saturated heterocycles. The van der Waals surface area contributed by atoms with Gasteiger partial charge in [-0.05, 0) is 48.4 Å². The smallest absolute Gasteiger partial charge is 0.244 e. The fourth-order valence-electron chi connectivity index (χ4n) is 3.15. The zero-order valence-corrected chi connectivity index (χ0v) is 18.9. The molecule has 0 bridgehead atoms. The number of aromatic nitrogens is 3. The van der Waals surface area contributed by atoms with Crippen LogP contribution in [-0.4, -0.2) is 20.7 Å². The van der Waals surface area contributed by atoms with Gasteiger partial charge in [0.25, 0.3) is 0 Å². The van der Waals surface area contributed by atoms with Gasteiger partial charge in [0.05, 0.1) is 6.54 Å². The first-order valence-electron chi connectivity index (χ1n) is 10.5. The summed E-state index contributed by atoms with van der Waals surface area (Å²) in [6.45, 7) is 2.26. The molecule has 33 heavy (non-hydrogen) atoms. The molecule has 1 amide bonds. The second kappa shape index (κ2) is 10.7. The van der Waals surface area contributed by atoms with E-state index in [2.05, 4.69) is 15.5 Å². The average Bonchev–Trinajstić information content (AvgIpc) is 3.25. The lowest BCUT2D eigenvalue weighted by Crippen LogP contribution is -2.22. The van der Waals surface area contributed by atoms with Crippen LogP contribution in [0.25, 0.3) is 11.8 Å². The number of benzene rings is 3. The first-order valence-corrected chi connectivity index (χ1v) is 11.5. The summed E-state index contributed by atoms with van der Waals surface area (Å²) in [6, 6.07) is 24.1. The van der Waals surface area contributed by atoms with Crippen LogP contribution in [0.4, 0.5) is 4.39 Å². The van der Waals surface area contributed by atoms with Crippen molar-refractivity contribution in [2.24, 2.45) is 0 Å². The Kier molecular flexibility index (Phi) is 7.32. The third-order valence-electron chi connectivity index (χ3n) is 4.92. The summed E-state index contributed by atoms with van der Waals surface area (Å²) in [4.78, 5) is 12.3. The van der Waals surface area contributed by atoms with Crippen molar-refractivity contribution >= 4 is 23.7 Å². The number of thioether (sulfide) groups is 1. The van der Waals surface area contributed by atoms with Gasteiger partial charge in [0, 0.05) is 17.5 Å². The molecule has 0 fully saturated rings. The van der Waals surface area contributed by atoms with E-state index < -0.39 is 0 Å². The van der Waals surface area contributed by atoms with Crippen LogP contribution in [-0.2, 0) is 17.1 Å². The van der Waals surface area contributed by atoms with Gasteiger partial charge in [-0.3, -0.25) is 9.36 Å². The lowest BCUT2D eigenvalue weighted by molar-refractivity contribution is -0.116. The summed E-state index contributed by atoms with van der Waals surface area (Å²) in [5.41, 5.74) is 4.00. The molecule has 0 atom stereocenters. The van der Waals surface area contributed by atoms with Crippen LogP contribution in [0.2, 0.25) is 0 Å². The van der Waals surface area contributed by atoms with Crippen LogP contribution in [0.5, 0.6) is 0 Å². The monoisotopic (exact) mass is 458 g/mol.